The number of ether oxygens (including phenoxy) is 1. The molecule has 4 amide bonds. The largest absolute Gasteiger partial charge is 0.497 e. The van der Waals surface area contributed by atoms with E-state index in [1.54, 1.807) is 45.5 Å². The molecule has 0 aromatic heterocycles. The van der Waals surface area contributed by atoms with E-state index >= 15 is 0 Å². The maximum atomic E-state index is 12.4. The van der Waals surface area contributed by atoms with E-state index in [0.29, 0.717) is 18.0 Å². The molecule has 0 atom stereocenters. The second-order valence-electron chi connectivity index (χ2n) is 6.57. The third-order valence-electron chi connectivity index (χ3n) is 4.02. The molecular formula is C21H26N4O4. The highest BCUT2D eigenvalue weighted by Crippen LogP contribution is 2.14. The lowest BCUT2D eigenvalue weighted by atomic mass is 10.2. The van der Waals surface area contributed by atoms with E-state index in [-0.39, 0.29) is 25.0 Å². The lowest BCUT2D eigenvalue weighted by Crippen LogP contribution is -2.45. The number of carbonyl (C=O) groups excluding carboxylic acids is 3. The van der Waals surface area contributed by atoms with Gasteiger partial charge in [-0.15, -0.1) is 0 Å². The van der Waals surface area contributed by atoms with Crippen LogP contribution >= 0.6 is 0 Å². The van der Waals surface area contributed by atoms with Gasteiger partial charge in [0.25, 0.3) is 0 Å². The highest BCUT2D eigenvalue weighted by atomic mass is 16.5. The average molecular weight is 398 g/mol. The number of urea groups is 1. The monoisotopic (exact) mass is 398 g/mol. The molecule has 0 aliphatic heterocycles. The van der Waals surface area contributed by atoms with E-state index < -0.39 is 5.91 Å². The summed E-state index contributed by atoms with van der Waals surface area (Å²) in [4.78, 5) is 39.6. The fourth-order valence-electron chi connectivity index (χ4n) is 2.57. The molecule has 2 N–H and O–H groups in total. The van der Waals surface area contributed by atoms with Gasteiger partial charge in [-0.1, -0.05) is 30.3 Å². The molecule has 0 unspecified atom stereocenters. The first-order chi connectivity index (χ1) is 13.9. The Labute approximate surface area is 170 Å². The van der Waals surface area contributed by atoms with E-state index in [1.165, 1.54) is 9.80 Å². The normalized spacial score (nSPS) is 10.0. The molecule has 0 aliphatic rings. The van der Waals surface area contributed by atoms with Crippen LogP contribution in [0.2, 0.25) is 0 Å². The van der Waals surface area contributed by atoms with E-state index in [4.69, 9.17) is 4.74 Å². The molecule has 154 valence electrons. The summed E-state index contributed by atoms with van der Waals surface area (Å²) >= 11 is 0. The molecule has 0 saturated heterocycles. The molecule has 2 aromatic rings. The Kier molecular flexibility index (Phi) is 8.02. The summed E-state index contributed by atoms with van der Waals surface area (Å²) in [5, 5.41) is 5.23. The van der Waals surface area contributed by atoms with Gasteiger partial charge in [0, 0.05) is 26.3 Å². The van der Waals surface area contributed by atoms with E-state index in [2.05, 4.69) is 10.6 Å². The van der Waals surface area contributed by atoms with E-state index in [1.807, 2.05) is 30.3 Å². The molecular weight excluding hydrogens is 372 g/mol. The lowest BCUT2D eigenvalue weighted by molar-refractivity contribution is -0.124. The van der Waals surface area contributed by atoms with E-state index in [9.17, 15) is 14.4 Å². The Morgan fingerprint density at radius 3 is 2.17 bits per heavy atom. The summed E-state index contributed by atoms with van der Waals surface area (Å²) in [7, 11) is 4.81. The lowest BCUT2D eigenvalue weighted by Gasteiger charge is -2.25. The van der Waals surface area contributed by atoms with Crippen LogP contribution in [-0.4, -0.2) is 61.9 Å². The Hall–Kier alpha value is -3.55. The minimum atomic E-state index is -0.416. The van der Waals surface area contributed by atoms with Gasteiger partial charge in [0.15, 0.2) is 0 Å². The fraction of sp³-hybridized carbons (Fsp3) is 0.286. The summed E-state index contributed by atoms with van der Waals surface area (Å²) in [6.45, 7) is -0.0504. The number of benzene rings is 2. The van der Waals surface area contributed by atoms with Crippen molar-refractivity contribution in [1.29, 1.82) is 0 Å². The minimum Gasteiger partial charge on any atom is -0.497 e. The van der Waals surface area contributed by atoms with Crippen LogP contribution in [0.1, 0.15) is 5.56 Å². The van der Waals surface area contributed by atoms with Crippen molar-refractivity contribution in [2.45, 2.75) is 6.54 Å². The summed E-state index contributed by atoms with van der Waals surface area (Å²) in [5.74, 6) is -0.0987. The Bertz CT molecular complexity index is 822. The van der Waals surface area contributed by atoms with Crippen LogP contribution in [0.25, 0.3) is 0 Å². The molecule has 0 radical (unpaired) electrons. The van der Waals surface area contributed by atoms with Crippen molar-refractivity contribution in [2.24, 2.45) is 0 Å². The van der Waals surface area contributed by atoms with Gasteiger partial charge < -0.3 is 25.2 Å². The van der Waals surface area contributed by atoms with Crippen LogP contribution in [0.5, 0.6) is 5.75 Å². The van der Waals surface area contributed by atoms with Gasteiger partial charge in [-0.2, -0.15) is 0 Å². The predicted molar refractivity (Wildman–Crippen MR) is 111 cm³/mol. The molecule has 0 spiro atoms. The summed E-state index contributed by atoms with van der Waals surface area (Å²) in [6.07, 6.45) is 0. The zero-order chi connectivity index (χ0) is 21.2. The average Bonchev–Trinajstić information content (AvgIpc) is 2.72. The number of nitrogens with zero attached hydrogens (tertiary/aromatic N) is 2. The van der Waals surface area contributed by atoms with Crippen LogP contribution in [0.3, 0.4) is 0 Å². The van der Waals surface area contributed by atoms with Gasteiger partial charge >= 0.3 is 6.03 Å². The zero-order valence-electron chi connectivity index (χ0n) is 16.8. The van der Waals surface area contributed by atoms with Gasteiger partial charge in [-0.25, -0.2) is 4.79 Å². The Balaban J connectivity index is 1.87. The molecule has 0 heterocycles. The fourth-order valence-corrected chi connectivity index (χ4v) is 2.57. The van der Waals surface area contributed by atoms with Gasteiger partial charge in [-0.05, 0) is 29.8 Å². The third kappa shape index (κ3) is 7.17. The summed E-state index contributed by atoms with van der Waals surface area (Å²) < 4.78 is 5.06. The van der Waals surface area contributed by atoms with Crippen LogP contribution in [0.4, 0.5) is 10.5 Å². The van der Waals surface area contributed by atoms with Crippen LogP contribution in [0.15, 0.2) is 54.6 Å². The first-order valence-corrected chi connectivity index (χ1v) is 9.10. The molecule has 0 bridgehead atoms. The maximum absolute atomic E-state index is 12.4. The number of hydrogen-bond donors (Lipinski definition) is 2. The van der Waals surface area contributed by atoms with Gasteiger partial charge in [0.1, 0.15) is 12.3 Å². The molecule has 2 aromatic carbocycles. The Morgan fingerprint density at radius 1 is 0.931 bits per heavy atom. The zero-order valence-corrected chi connectivity index (χ0v) is 16.8. The van der Waals surface area contributed by atoms with Gasteiger partial charge in [-0.3, -0.25) is 9.59 Å². The molecule has 0 aliphatic carbocycles. The van der Waals surface area contributed by atoms with Crippen molar-refractivity contribution in [3.63, 3.8) is 0 Å². The van der Waals surface area contributed by atoms with Crippen molar-refractivity contribution < 1.29 is 19.1 Å². The van der Waals surface area contributed by atoms with Crippen molar-refractivity contribution in [2.75, 3.05) is 39.6 Å². The molecule has 8 heteroatoms. The molecule has 2 rings (SSSR count). The number of anilines is 1. The molecule has 8 nitrogen and oxygen atoms in total. The quantitative estimate of drug-likeness (QED) is 0.711. The number of hydrogen-bond acceptors (Lipinski definition) is 4. The maximum Gasteiger partial charge on any atom is 0.320 e. The molecule has 0 fully saturated rings. The van der Waals surface area contributed by atoms with Crippen LogP contribution < -0.4 is 15.4 Å². The standard InChI is InChI=1S/C21H26N4O4/c1-24(2)21(28)25(14-16-7-5-4-6-8-16)15-20(27)22-13-19(26)23-17-9-11-18(29-3)12-10-17/h4-12H,13-15H2,1-3H3,(H,22,27)(H,23,26). The number of carbonyl (C=O) groups is 3. The highest BCUT2D eigenvalue weighted by molar-refractivity contribution is 5.95. The topological polar surface area (TPSA) is 91.0 Å². The van der Waals surface area contributed by atoms with Gasteiger partial charge in [0.2, 0.25) is 11.8 Å². The molecule has 0 saturated carbocycles. The van der Waals surface area contributed by atoms with Crippen LogP contribution in [-0.2, 0) is 16.1 Å². The third-order valence-corrected chi connectivity index (χ3v) is 4.02. The number of methoxy groups -OCH3 is 1. The second-order valence-corrected chi connectivity index (χ2v) is 6.57. The summed E-state index contributed by atoms with van der Waals surface area (Å²) in [6, 6.07) is 16.0. The van der Waals surface area contributed by atoms with Crippen molar-refractivity contribution >= 4 is 23.5 Å². The first-order valence-electron chi connectivity index (χ1n) is 9.10. The van der Waals surface area contributed by atoms with Crippen molar-refractivity contribution in [3.05, 3.63) is 60.2 Å². The predicted octanol–water partition coefficient (Wildman–Crippen LogP) is 1.93. The van der Waals surface area contributed by atoms with Crippen molar-refractivity contribution in [3.8, 4) is 5.75 Å². The minimum absolute atomic E-state index is 0.151. The van der Waals surface area contributed by atoms with Gasteiger partial charge in [0.05, 0.1) is 13.7 Å². The Morgan fingerprint density at radius 2 is 1.59 bits per heavy atom. The summed E-state index contributed by atoms with van der Waals surface area (Å²) in [5.41, 5.74) is 1.51. The smallest absolute Gasteiger partial charge is 0.320 e. The van der Waals surface area contributed by atoms with Crippen LogP contribution in [0, 0.1) is 0 Å². The molecule has 29 heavy (non-hydrogen) atoms. The highest BCUT2D eigenvalue weighted by Gasteiger charge is 2.19. The van der Waals surface area contributed by atoms with E-state index in [0.717, 1.165) is 5.56 Å². The second kappa shape index (κ2) is 10.7. The number of rotatable bonds is 8. The SMILES string of the molecule is COc1ccc(NC(=O)CNC(=O)CN(Cc2ccccc2)C(=O)N(C)C)cc1. The first kappa shape index (κ1) is 21.7. The van der Waals surface area contributed by atoms with Crippen molar-refractivity contribution in [1.82, 2.24) is 15.1 Å². The number of amides is 4. The number of nitrogens with one attached hydrogen (secondary N) is 2.